The highest BCUT2D eigenvalue weighted by Crippen LogP contribution is 2.37. The van der Waals surface area contributed by atoms with Crippen LogP contribution in [0, 0.1) is 6.92 Å². The van der Waals surface area contributed by atoms with Gasteiger partial charge < -0.3 is 9.47 Å². The lowest BCUT2D eigenvalue weighted by Crippen LogP contribution is -2.36. The number of nitrogens with zero attached hydrogens (tertiary/aromatic N) is 2. The van der Waals surface area contributed by atoms with Crippen molar-refractivity contribution < 1.29 is 14.3 Å². The summed E-state index contributed by atoms with van der Waals surface area (Å²) in [6.45, 7) is 3.23. The zero-order valence-corrected chi connectivity index (χ0v) is 18.5. The third-order valence-corrected chi connectivity index (χ3v) is 6.69. The lowest BCUT2D eigenvalue weighted by atomic mass is 10.2. The number of anilines is 1. The second-order valence-electron chi connectivity index (χ2n) is 7.20. The van der Waals surface area contributed by atoms with E-state index in [-0.39, 0.29) is 12.0 Å². The van der Waals surface area contributed by atoms with Crippen LogP contribution >= 0.6 is 22.9 Å². The molecule has 156 valence electrons. The molecular formula is C23H23ClN2O3S. The van der Waals surface area contributed by atoms with Gasteiger partial charge in [0, 0.05) is 17.7 Å². The van der Waals surface area contributed by atoms with E-state index in [0.29, 0.717) is 22.4 Å². The number of methoxy groups -OCH3 is 1. The summed E-state index contributed by atoms with van der Waals surface area (Å²) >= 11 is 7.72. The van der Waals surface area contributed by atoms with E-state index in [1.165, 1.54) is 11.3 Å². The lowest BCUT2D eigenvalue weighted by molar-refractivity contribution is -0.114. The summed E-state index contributed by atoms with van der Waals surface area (Å²) in [5.41, 5.74) is 2.68. The van der Waals surface area contributed by atoms with Crippen molar-refractivity contribution in [1.29, 1.82) is 0 Å². The molecule has 3 aromatic rings. The second-order valence-corrected chi connectivity index (χ2v) is 8.58. The monoisotopic (exact) mass is 442 g/mol. The number of ether oxygens (including phenoxy) is 2. The molecule has 1 aliphatic heterocycles. The number of rotatable bonds is 6. The molecule has 1 amide bonds. The molecule has 0 bridgehead atoms. The van der Waals surface area contributed by atoms with E-state index in [4.69, 9.17) is 26.1 Å². The van der Waals surface area contributed by atoms with Crippen LogP contribution in [0.2, 0.25) is 5.02 Å². The Balaban J connectivity index is 1.69. The molecule has 1 unspecified atom stereocenters. The summed E-state index contributed by atoms with van der Waals surface area (Å²) < 4.78 is 12.3. The number of hydrogen-bond acceptors (Lipinski definition) is 5. The molecule has 1 saturated heterocycles. The van der Waals surface area contributed by atoms with Crippen molar-refractivity contribution in [2.24, 2.45) is 0 Å². The van der Waals surface area contributed by atoms with Gasteiger partial charge >= 0.3 is 0 Å². The van der Waals surface area contributed by atoms with Gasteiger partial charge in [-0.3, -0.25) is 9.69 Å². The minimum Gasteiger partial charge on any atom is -0.494 e. The highest BCUT2D eigenvalue weighted by molar-refractivity contribution is 7.22. The third kappa shape index (κ3) is 4.36. The summed E-state index contributed by atoms with van der Waals surface area (Å²) in [7, 11) is 1.63. The zero-order valence-electron chi connectivity index (χ0n) is 16.9. The molecule has 7 heteroatoms. The molecule has 0 spiro atoms. The van der Waals surface area contributed by atoms with Crippen LogP contribution in [0.4, 0.5) is 5.13 Å². The first-order valence-electron chi connectivity index (χ1n) is 9.86. The summed E-state index contributed by atoms with van der Waals surface area (Å²) in [5.74, 6) is 0.551. The molecule has 1 atom stereocenters. The average Bonchev–Trinajstić information content (AvgIpc) is 3.42. The van der Waals surface area contributed by atoms with Crippen molar-refractivity contribution in [3.05, 3.63) is 58.6 Å². The lowest BCUT2D eigenvalue weighted by Gasteiger charge is -2.21. The number of hydrogen-bond donors (Lipinski definition) is 0. The van der Waals surface area contributed by atoms with Crippen molar-refractivity contribution in [1.82, 2.24) is 4.98 Å². The fourth-order valence-electron chi connectivity index (χ4n) is 3.49. The molecule has 5 nitrogen and oxygen atoms in total. The number of carbonyl (C=O) groups excluding carboxylic acids is 1. The number of benzene rings is 2. The molecule has 2 aromatic carbocycles. The largest absolute Gasteiger partial charge is 0.494 e. The van der Waals surface area contributed by atoms with E-state index < -0.39 is 0 Å². The van der Waals surface area contributed by atoms with Gasteiger partial charge in [0.25, 0.3) is 5.91 Å². The number of thiazole rings is 1. The van der Waals surface area contributed by atoms with Gasteiger partial charge in [0.05, 0.1) is 24.5 Å². The van der Waals surface area contributed by atoms with Crippen LogP contribution in [0.1, 0.15) is 24.0 Å². The van der Waals surface area contributed by atoms with Gasteiger partial charge in [0.2, 0.25) is 0 Å². The predicted molar refractivity (Wildman–Crippen MR) is 123 cm³/mol. The minimum absolute atomic E-state index is 0.0117. The smallest absolute Gasteiger partial charge is 0.252 e. The minimum atomic E-state index is -0.152. The van der Waals surface area contributed by atoms with E-state index >= 15 is 0 Å². The van der Waals surface area contributed by atoms with Crippen molar-refractivity contribution in [2.45, 2.75) is 25.9 Å². The maximum absolute atomic E-state index is 13.2. The molecule has 2 heterocycles. The first-order chi connectivity index (χ1) is 14.6. The first-order valence-corrected chi connectivity index (χ1v) is 11.1. The Morgan fingerprint density at radius 2 is 2.20 bits per heavy atom. The number of halogens is 1. The summed E-state index contributed by atoms with van der Waals surface area (Å²) in [6.07, 6.45) is 5.25. The standard InChI is InChI=1S/C23H23ClN2O3S/c1-15-9-11-19(28-2)21-22(15)30-23(25-21)26(14-17-7-5-13-29-17)20(27)12-10-16-6-3-4-8-18(16)24/h3-4,6,8-12,17H,5,7,13-14H2,1-2H3/b12-10+. The van der Waals surface area contributed by atoms with Crippen LogP contribution in [-0.2, 0) is 9.53 Å². The van der Waals surface area contributed by atoms with E-state index in [1.54, 1.807) is 30.2 Å². The maximum atomic E-state index is 13.2. The Morgan fingerprint density at radius 3 is 2.93 bits per heavy atom. The van der Waals surface area contributed by atoms with Gasteiger partial charge in [-0.25, -0.2) is 4.98 Å². The van der Waals surface area contributed by atoms with Crippen LogP contribution in [0.15, 0.2) is 42.5 Å². The van der Waals surface area contributed by atoms with Crippen LogP contribution in [0.5, 0.6) is 5.75 Å². The second kappa shape index (κ2) is 9.16. The highest BCUT2D eigenvalue weighted by atomic mass is 35.5. The van der Waals surface area contributed by atoms with Crippen LogP contribution in [0.3, 0.4) is 0 Å². The fourth-order valence-corrected chi connectivity index (χ4v) is 4.76. The topological polar surface area (TPSA) is 51.7 Å². The average molecular weight is 443 g/mol. The normalized spacial score (nSPS) is 16.4. The highest BCUT2D eigenvalue weighted by Gasteiger charge is 2.26. The molecule has 1 fully saturated rings. The Hall–Kier alpha value is -2.41. The molecular weight excluding hydrogens is 420 g/mol. The summed E-state index contributed by atoms with van der Waals surface area (Å²) in [5, 5.41) is 1.24. The molecule has 1 aliphatic rings. The van der Waals surface area contributed by atoms with Crippen LogP contribution in [-0.4, -0.2) is 37.3 Å². The number of fused-ring (bicyclic) bond motifs is 1. The predicted octanol–water partition coefficient (Wildman–Crippen LogP) is 5.49. The van der Waals surface area contributed by atoms with E-state index in [2.05, 4.69) is 0 Å². The quantitative estimate of drug-likeness (QED) is 0.473. The maximum Gasteiger partial charge on any atom is 0.252 e. The molecule has 0 radical (unpaired) electrons. The van der Waals surface area contributed by atoms with Crippen molar-refractivity contribution >= 4 is 50.3 Å². The van der Waals surface area contributed by atoms with E-state index in [0.717, 1.165) is 40.8 Å². The van der Waals surface area contributed by atoms with Crippen molar-refractivity contribution in [3.63, 3.8) is 0 Å². The van der Waals surface area contributed by atoms with Crippen molar-refractivity contribution in [2.75, 3.05) is 25.2 Å². The van der Waals surface area contributed by atoms with Gasteiger partial charge in [-0.05, 0) is 49.1 Å². The zero-order chi connectivity index (χ0) is 21.1. The van der Waals surface area contributed by atoms with Gasteiger partial charge in [-0.15, -0.1) is 0 Å². The molecule has 30 heavy (non-hydrogen) atoms. The van der Waals surface area contributed by atoms with Crippen molar-refractivity contribution in [3.8, 4) is 5.75 Å². The number of carbonyl (C=O) groups is 1. The van der Waals surface area contributed by atoms with Gasteiger partial charge in [-0.2, -0.15) is 0 Å². The van der Waals surface area contributed by atoms with Crippen LogP contribution in [0.25, 0.3) is 16.3 Å². The van der Waals surface area contributed by atoms with Crippen LogP contribution < -0.4 is 9.64 Å². The number of amides is 1. The fraction of sp³-hybridized carbons (Fsp3) is 0.304. The number of aromatic nitrogens is 1. The summed E-state index contributed by atoms with van der Waals surface area (Å²) in [6, 6.07) is 11.4. The molecule has 0 aliphatic carbocycles. The summed E-state index contributed by atoms with van der Waals surface area (Å²) in [4.78, 5) is 19.7. The first kappa shape index (κ1) is 20.8. The molecule has 1 aromatic heterocycles. The molecule has 0 N–H and O–H groups in total. The molecule has 0 saturated carbocycles. The van der Waals surface area contributed by atoms with E-state index in [9.17, 15) is 4.79 Å². The molecule has 4 rings (SSSR count). The Bertz CT molecular complexity index is 1090. The SMILES string of the molecule is COc1ccc(C)c2sc(N(CC3CCCO3)C(=O)/C=C/c3ccccc3Cl)nc12. The Kier molecular flexibility index (Phi) is 6.37. The third-order valence-electron chi connectivity index (χ3n) is 5.13. The Morgan fingerprint density at radius 1 is 1.37 bits per heavy atom. The Labute approximate surface area is 184 Å². The van der Waals surface area contributed by atoms with Gasteiger partial charge in [-0.1, -0.05) is 47.2 Å². The van der Waals surface area contributed by atoms with E-state index in [1.807, 2.05) is 37.3 Å². The van der Waals surface area contributed by atoms with Gasteiger partial charge in [0.1, 0.15) is 11.3 Å². The van der Waals surface area contributed by atoms with Gasteiger partial charge in [0.15, 0.2) is 5.13 Å². The number of aryl methyl sites for hydroxylation is 1.